The number of carbonyl (C=O) groups is 1. The molecule has 0 N–H and O–H groups in total. The van der Waals surface area contributed by atoms with Crippen molar-refractivity contribution < 1.29 is 9.53 Å². The fraction of sp³-hybridized carbons (Fsp3) is 0.429. The van der Waals surface area contributed by atoms with Gasteiger partial charge in [-0.1, -0.05) is 18.2 Å². The third kappa shape index (κ3) is 4.41. The molecule has 0 saturated carbocycles. The molecule has 5 nitrogen and oxygen atoms in total. The molecule has 1 aliphatic rings. The fourth-order valence-corrected chi connectivity index (χ4v) is 3.59. The molecule has 1 aliphatic heterocycles. The zero-order chi connectivity index (χ0) is 18.4. The SMILES string of the molecule is COc1ccccc1C(=O)N1CCC[C@H](N(C)Cc2ccccn2)CC1. The maximum Gasteiger partial charge on any atom is 0.257 e. The normalized spacial score (nSPS) is 17.8. The maximum absolute atomic E-state index is 12.9. The standard InChI is InChI=1S/C21H27N3O2/c1-23(16-17-8-5-6-13-22-17)18-9-7-14-24(15-12-18)21(25)19-10-3-4-11-20(19)26-2/h3-6,8,10-11,13,18H,7,9,12,14-16H2,1-2H3/t18-/m0/s1. The van der Waals surface area contributed by atoms with E-state index in [9.17, 15) is 4.79 Å². The average Bonchev–Trinajstić information content (AvgIpc) is 2.94. The molecule has 0 radical (unpaired) electrons. The molecule has 1 saturated heterocycles. The van der Waals surface area contributed by atoms with Gasteiger partial charge in [-0.2, -0.15) is 0 Å². The van der Waals surface area contributed by atoms with E-state index in [4.69, 9.17) is 4.74 Å². The van der Waals surface area contributed by atoms with Gasteiger partial charge < -0.3 is 9.64 Å². The smallest absolute Gasteiger partial charge is 0.257 e. The number of likely N-dealkylation sites (tertiary alicyclic amines) is 1. The van der Waals surface area contributed by atoms with Crippen LogP contribution in [0.25, 0.3) is 0 Å². The van der Waals surface area contributed by atoms with E-state index in [1.807, 2.05) is 47.5 Å². The number of para-hydroxylation sites is 1. The van der Waals surface area contributed by atoms with Crippen molar-refractivity contribution >= 4 is 5.91 Å². The Hall–Kier alpha value is -2.40. The second-order valence-electron chi connectivity index (χ2n) is 6.81. The van der Waals surface area contributed by atoms with E-state index >= 15 is 0 Å². The molecule has 5 heteroatoms. The van der Waals surface area contributed by atoms with Gasteiger partial charge in [-0.25, -0.2) is 0 Å². The fourth-order valence-electron chi connectivity index (χ4n) is 3.59. The zero-order valence-corrected chi connectivity index (χ0v) is 15.6. The van der Waals surface area contributed by atoms with E-state index in [-0.39, 0.29) is 5.91 Å². The number of benzene rings is 1. The number of rotatable bonds is 5. The van der Waals surface area contributed by atoms with Gasteiger partial charge >= 0.3 is 0 Å². The minimum Gasteiger partial charge on any atom is -0.496 e. The van der Waals surface area contributed by atoms with E-state index < -0.39 is 0 Å². The summed E-state index contributed by atoms with van der Waals surface area (Å²) in [6, 6.07) is 14.0. The van der Waals surface area contributed by atoms with E-state index in [0.717, 1.165) is 44.6 Å². The summed E-state index contributed by atoms with van der Waals surface area (Å²) < 4.78 is 5.35. The third-order valence-electron chi connectivity index (χ3n) is 5.08. The zero-order valence-electron chi connectivity index (χ0n) is 15.6. The Kier molecular flexibility index (Phi) is 6.23. The number of amides is 1. The van der Waals surface area contributed by atoms with E-state index in [2.05, 4.69) is 23.0 Å². The van der Waals surface area contributed by atoms with Crippen LogP contribution >= 0.6 is 0 Å². The van der Waals surface area contributed by atoms with Crippen LogP contribution in [0.15, 0.2) is 48.7 Å². The molecule has 1 aromatic heterocycles. The van der Waals surface area contributed by atoms with Crippen LogP contribution in [-0.2, 0) is 6.54 Å². The summed E-state index contributed by atoms with van der Waals surface area (Å²) in [5.74, 6) is 0.709. The highest BCUT2D eigenvalue weighted by atomic mass is 16.5. The monoisotopic (exact) mass is 353 g/mol. The predicted molar refractivity (Wildman–Crippen MR) is 102 cm³/mol. The Morgan fingerprint density at radius 2 is 2.00 bits per heavy atom. The molecule has 1 amide bonds. The maximum atomic E-state index is 12.9. The van der Waals surface area contributed by atoms with Gasteiger partial charge in [0.25, 0.3) is 5.91 Å². The molecule has 2 heterocycles. The van der Waals surface area contributed by atoms with Crippen LogP contribution in [0.1, 0.15) is 35.3 Å². The molecule has 138 valence electrons. The quantitative estimate of drug-likeness (QED) is 0.828. The van der Waals surface area contributed by atoms with Crippen LogP contribution in [0.4, 0.5) is 0 Å². The minimum atomic E-state index is 0.0653. The molecular formula is C21H27N3O2. The largest absolute Gasteiger partial charge is 0.496 e. The first-order valence-corrected chi connectivity index (χ1v) is 9.21. The first kappa shape index (κ1) is 18.4. The van der Waals surface area contributed by atoms with Crippen LogP contribution in [-0.4, -0.2) is 54.0 Å². The van der Waals surface area contributed by atoms with Crippen LogP contribution in [0, 0.1) is 0 Å². The van der Waals surface area contributed by atoms with Crippen molar-refractivity contribution in [2.45, 2.75) is 31.8 Å². The summed E-state index contributed by atoms with van der Waals surface area (Å²) in [4.78, 5) is 21.7. The highest BCUT2D eigenvalue weighted by Crippen LogP contribution is 2.23. The molecule has 1 aromatic carbocycles. The number of ether oxygens (including phenoxy) is 1. The van der Waals surface area contributed by atoms with Gasteiger partial charge in [-0.15, -0.1) is 0 Å². The van der Waals surface area contributed by atoms with E-state index in [1.54, 1.807) is 7.11 Å². The van der Waals surface area contributed by atoms with Gasteiger partial charge in [-0.05, 0) is 50.6 Å². The minimum absolute atomic E-state index is 0.0653. The Bertz CT molecular complexity index is 720. The van der Waals surface area contributed by atoms with Crippen molar-refractivity contribution in [1.29, 1.82) is 0 Å². The van der Waals surface area contributed by atoms with Gasteiger partial charge in [0.15, 0.2) is 0 Å². The summed E-state index contributed by atoms with van der Waals surface area (Å²) >= 11 is 0. The van der Waals surface area contributed by atoms with Gasteiger partial charge in [0.2, 0.25) is 0 Å². The van der Waals surface area contributed by atoms with E-state index in [0.29, 0.717) is 17.4 Å². The summed E-state index contributed by atoms with van der Waals surface area (Å²) in [7, 11) is 3.76. The summed E-state index contributed by atoms with van der Waals surface area (Å²) in [5.41, 5.74) is 1.73. The second-order valence-corrected chi connectivity index (χ2v) is 6.81. The molecule has 1 atom stereocenters. The Balaban J connectivity index is 1.62. The van der Waals surface area contributed by atoms with Crippen molar-refractivity contribution in [3.63, 3.8) is 0 Å². The van der Waals surface area contributed by atoms with Crippen molar-refractivity contribution in [1.82, 2.24) is 14.8 Å². The first-order chi connectivity index (χ1) is 12.7. The number of carbonyl (C=O) groups excluding carboxylic acids is 1. The van der Waals surface area contributed by atoms with Crippen LogP contribution in [0.2, 0.25) is 0 Å². The van der Waals surface area contributed by atoms with Crippen molar-refractivity contribution in [2.24, 2.45) is 0 Å². The van der Waals surface area contributed by atoms with Crippen molar-refractivity contribution in [3.05, 3.63) is 59.9 Å². The van der Waals surface area contributed by atoms with Gasteiger partial charge in [0.05, 0.1) is 18.4 Å². The second kappa shape index (κ2) is 8.81. The molecule has 1 fully saturated rings. The molecule has 0 spiro atoms. The lowest BCUT2D eigenvalue weighted by Crippen LogP contribution is -2.35. The van der Waals surface area contributed by atoms with Gasteiger partial charge in [0.1, 0.15) is 5.75 Å². The number of methoxy groups -OCH3 is 1. The first-order valence-electron chi connectivity index (χ1n) is 9.21. The van der Waals surface area contributed by atoms with Crippen LogP contribution < -0.4 is 4.74 Å². The Morgan fingerprint density at radius 3 is 2.77 bits per heavy atom. The lowest BCUT2D eigenvalue weighted by atomic mass is 10.1. The predicted octanol–water partition coefficient (Wildman–Crippen LogP) is 3.22. The number of aromatic nitrogens is 1. The van der Waals surface area contributed by atoms with Crippen LogP contribution in [0.3, 0.4) is 0 Å². The molecular weight excluding hydrogens is 326 g/mol. The number of pyridine rings is 1. The molecule has 2 aromatic rings. The van der Waals surface area contributed by atoms with Crippen LogP contribution in [0.5, 0.6) is 5.75 Å². The van der Waals surface area contributed by atoms with Gasteiger partial charge in [-0.3, -0.25) is 14.7 Å². The number of hydrogen-bond donors (Lipinski definition) is 0. The molecule has 26 heavy (non-hydrogen) atoms. The average molecular weight is 353 g/mol. The highest BCUT2D eigenvalue weighted by molar-refractivity contribution is 5.96. The Morgan fingerprint density at radius 1 is 1.19 bits per heavy atom. The molecule has 0 bridgehead atoms. The number of hydrogen-bond acceptors (Lipinski definition) is 4. The summed E-state index contributed by atoms with van der Waals surface area (Å²) in [6.07, 6.45) is 4.92. The summed E-state index contributed by atoms with van der Waals surface area (Å²) in [6.45, 7) is 2.41. The molecule has 0 aliphatic carbocycles. The molecule has 3 rings (SSSR count). The third-order valence-corrected chi connectivity index (χ3v) is 5.08. The highest BCUT2D eigenvalue weighted by Gasteiger charge is 2.25. The lowest BCUT2D eigenvalue weighted by Gasteiger charge is -2.27. The topological polar surface area (TPSA) is 45.7 Å². The van der Waals surface area contributed by atoms with Gasteiger partial charge in [0, 0.05) is 31.9 Å². The van der Waals surface area contributed by atoms with E-state index in [1.165, 1.54) is 0 Å². The summed E-state index contributed by atoms with van der Waals surface area (Å²) in [5, 5.41) is 0. The Labute approximate surface area is 155 Å². The van der Waals surface area contributed by atoms with Crippen molar-refractivity contribution in [3.8, 4) is 5.75 Å². The van der Waals surface area contributed by atoms with Crippen molar-refractivity contribution in [2.75, 3.05) is 27.2 Å². The lowest BCUT2D eigenvalue weighted by molar-refractivity contribution is 0.0754. The number of nitrogens with zero attached hydrogens (tertiary/aromatic N) is 3. The molecule has 0 unspecified atom stereocenters.